The Morgan fingerprint density at radius 3 is 2.52 bits per heavy atom. The highest BCUT2D eigenvalue weighted by Crippen LogP contribution is 2.19. The Hall–Kier alpha value is -1.10. The molecule has 2 saturated heterocycles. The van der Waals surface area contributed by atoms with Crippen LogP contribution in [0.5, 0.6) is 0 Å². The molecular formula is C16H28N2O3. The van der Waals surface area contributed by atoms with Gasteiger partial charge in [-0.05, 0) is 45.1 Å². The van der Waals surface area contributed by atoms with Crippen LogP contribution in [0.15, 0.2) is 0 Å². The molecule has 120 valence electrons. The molecule has 2 fully saturated rings. The van der Waals surface area contributed by atoms with E-state index < -0.39 is 0 Å². The number of nitrogens with zero attached hydrogens (tertiary/aromatic N) is 2. The minimum atomic E-state index is -0.110. The molecule has 0 radical (unpaired) electrons. The third-order valence-corrected chi connectivity index (χ3v) is 4.62. The van der Waals surface area contributed by atoms with Crippen LogP contribution in [0.1, 0.15) is 39.5 Å². The average molecular weight is 296 g/mol. The molecule has 1 amide bonds. The Kier molecular flexibility index (Phi) is 6.03. The van der Waals surface area contributed by atoms with Crippen LogP contribution in [0.3, 0.4) is 0 Å². The minimum Gasteiger partial charge on any atom is -0.466 e. The van der Waals surface area contributed by atoms with Crippen LogP contribution in [0.4, 0.5) is 0 Å². The Balaban J connectivity index is 1.79. The fourth-order valence-electron chi connectivity index (χ4n) is 3.20. The van der Waals surface area contributed by atoms with Gasteiger partial charge in [0, 0.05) is 19.6 Å². The van der Waals surface area contributed by atoms with E-state index in [2.05, 4.69) is 11.8 Å². The lowest BCUT2D eigenvalue weighted by Gasteiger charge is -2.35. The van der Waals surface area contributed by atoms with Gasteiger partial charge in [0.05, 0.1) is 19.1 Å². The van der Waals surface area contributed by atoms with Crippen molar-refractivity contribution >= 4 is 11.9 Å². The Bertz CT molecular complexity index is 365. The minimum absolute atomic E-state index is 0.0621. The van der Waals surface area contributed by atoms with Gasteiger partial charge in [0.2, 0.25) is 5.91 Å². The van der Waals surface area contributed by atoms with E-state index in [0.29, 0.717) is 19.7 Å². The largest absolute Gasteiger partial charge is 0.466 e. The van der Waals surface area contributed by atoms with Crippen LogP contribution < -0.4 is 0 Å². The zero-order valence-electron chi connectivity index (χ0n) is 13.3. The number of hydrogen-bond acceptors (Lipinski definition) is 4. The molecule has 0 aromatic rings. The van der Waals surface area contributed by atoms with Crippen molar-refractivity contribution in [1.82, 2.24) is 9.80 Å². The van der Waals surface area contributed by atoms with Crippen LogP contribution in [0, 0.1) is 11.8 Å². The Labute approximate surface area is 127 Å². The summed E-state index contributed by atoms with van der Waals surface area (Å²) >= 11 is 0. The van der Waals surface area contributed by atoms with Crippen LogP contribution in [-0.4, -0.2) is 61.0 Å². The van der Waals surface area contributed by atoms with Crippen molar-refractivity contribution in [3.05, 3.63) is 0 Å². The highest BCUT2D eigenvalue weighted by Gasteiger charge is 2.29. The topological polar surface area (TPSA) is 49.9 Å². The predicted octanol–water partition coefficient (Wildman–Crippen LogP) is 1.52. The summed E-state index contributed by atoms with van der Waals surface area (Å²) < 4.78 is 5.10. The van der Waals surface area contributed by atoms with Gasteiger partial charge in [-0.25, -0.2) is 0 Å². The summed E-state index contributed by atoms with van der Waals surface area (Å²) in [6.07, 6.45) is 4.06. The van der Waals surface area contributed by atoms with Gasteiger partial charge >= 0.3 is 5.97 Å². The first-order valence-corrected chi connectivity index (χ1v) is 8.27. The molecule has 5 nitrogen and oxygen atoms in total. The number of esters is 1. The molecule has 0 saturated carbocycles. The normalized spacial score (nSPS) is 24.9. The molecule has 2 aliphatic heterocycles. The van der Waals surface area contributed by atoms with Gasteiger partial charge in [0.1, 0.15) is 0 Å². The SMILES string of the molecule is CCOC(=O)[C@H]1CCCN(CC(=O)N2CCC(C)CC2)C1. The number of carbonyl (C=O) groups is 2. The molecule has 0 aliphatic carbocycles. The quantitative estimate of drug-likeness (QED) is 0.738. The molecule has 0 N–H and O–H groups in total. The van der Waals surface area contributed by atoms with E-state index >= 15 is 0 Å². The average Bonchev–Trinajstić information content (AvgIpc) is 2.48. The number of amides is 1. The highest BCUT2D eigenvalue weighted by atomic mass is 16.5. The molecule has 2 aliphatic rings. The standard InChI is InChI=1S/C16H28N2O3/c1-3-21-16(20)14-5-4-8-17(11-14)12-15(19)18-9-6-13(2)7-10-18/h13-14H,3-12H2,1-2H3/t14-/m0/s1. The zero-order valence-corrected chi connectivity index (χ0v) is 13.3. The molecule has 0 aromatic heterocycles. The van der Waals surface area contributed by atoms with Crippen molar-refractivity contribution in [1.29, 1.82) is 0 Å². The number of piperidine rings is 2. The zero-order chi connectivity index (χ0) is 15.2. The molecule has 0 spiro atoms. The molecule has 21 heavy (non-hydrogen) atoms. The van der Waals surface area contributed by atoms with Crippen LogP contribution in [-0.2, 0) is 14.3 Å². The molecule has 0 unspecified atom stereocenters. The molecule has 2 rings (SSSR count). The fraction of sp³-hybridized carbons (Fsp3) is 0.875. The third kappa shape index (κ3) is 4.70. The number of hydrogen-bond donors (Lipinski definition) is 0. The molecule has 2 heterocycles. The number of ether oxygens (including phenoxy) is 1. The lowest BCUT2D eigenvalue weighted by Crippen LogP contribution is -2.47. The maximum atomic E-state index is 12.3. The maximum absolute atomic E-state index is 12.3. The first-order chi connectivity index (χ1) is 10.1. The molecular weight excluding hydrogens is 268 g/mol. The Morgan fingerprint density at radius 1 is 1.14 bits per heavy atom. The third-order valence-electron chi connectivity index (χ3n) is 4.62. The van der Waals surface area contributed by atoms with E-state index in [-0.39, 0.29) is 17.8 Å². The summed E-state index contributed by atoms with van der Waals surface area (Å²) in [6.45, 7) is 8.30. The molecule has 0 bridgehead atoms. The van der Waals surface area contributed by atoms with Gasteiger partial charge in [-0.15, -0.1) is 0 Å². The summed E-state index contributed by atoms with van der Waals surface area (Å²) in [7, 11) is 0. The molecule has 1 atom stereocenters. The smallest absolute Gasteiger partial charge is 0.310 e. The number of rotatable bonds is 4. The second-order valence-electron chi connectivity index (χ2n) is 6.39. The first kappa shape index (κ1) is 16.3. The maximum Gasteiger partial charge on any atom is 0.310 e. The van der Waals surface area contributed by atoms with Gasteiger partial charge in [-0.3, -0.25) is 14.5 Å². The highest BCUT2D eigenvalue weighted by molar-refractivity contribution is 5.78. The van der Waals surface area contributed by atoms with Crippen molar-refractivity contribution in [3.8, 4) is 0 Å². The van der Waals surface area contributed by atoms with Crippen molar-refractivity contribution < 1.29 is 14.3 Å². The van der Waals surface area contributed by atoms with Crippen LogP contribution in [0.25, 0.3) is 0 Å². The van der Waals surface area contributed by atoms with E-state index in [1.54, 1.807) is 0 Å². The van der Waals surface area contributed by atoms with E-state index in [1.807, 2.05) is 11.8 Å². The van der Waals surface area contributed by atoms with Crippen molar-refractivity contribution in [2.24, 2.45) is 11.8 Å². The molecule has 5 heteroatoms. The van der Waals surface area contributed by atoms with Crippen LogP contribution >= 0.6 is 0 Å². The van der Waals surface area contributed by atoms with Gasteiger partial charge in [-0.1, -0.05) is 6.92 Å². The van der Waals surface area contributed by atoms with Gasteiger partial charge in [0.15, 0.2) is 0 Å². The monoisotopic (exact) mass is 296 g/mol. The van der Waals surface area contributed by atoms with Crippen molar-refractivity contribution in [2.75, 3.05) is 39.3 Å². The summed E-state index contributed by atoms with van der Waals surface area (Å²) in [6, 6.07) is 0. The summed E-state index contributed by atoms with van der Waals surface area (Å²) in [5, 5.41) is 0. The van der Waals surface area contributed by atoms with Gasteiger partial charge in [-0.2, -0.15) is 0 Å². The summed E-state index contributed by atoms with van der Waals surface area (Å²) in [5.74, 6) is 0.776. The second-order valence-corrected chi connectivity index (χ2v) is 6.39. The number of likely N-dealkylation sites (tertiary alicyclic amines) is 2. The van der Waals surface area contributed by atoms with E-state index in [1.165, 1.54) is 0 Å². The predicted molar refractivity (Wildman–Crippen MR) is 80.8 cm³/mol. The van der Waals surface area contributed by atoms with E-state index in [9.17, 15) is 9.59 Å². The lowest BCUT2D eigenvalue weighted by atomic mass is 9.97. The summed E-state index contributed by atoms with van der Waals surface area (Å²) in [4.78, 5) is 28.3. The number of carbonyl (C=O) groups excluding carboxylic acids is 2. The van der Waals surface area contributed by atoms with Gasteiger partial charge in [0.25, 0.3) is 0 Å². The van der Waals surface area contributed by atoms with Gasteiger partial charge < -0.3 is 9.64 Å². The van der Waals surface area contributed by atoms with E-state index in [0.717, 1.165) is 51.2 Å². The first-order valence-electron chi connectivity index (χ1n) is 8.27. The van der Waals surface area contributed by atoms with Crippen LogP contribution in [0.2, 0.25) is 0 Å². The second kappa shape index (κ2) is 7.78. The van der Waals surface area contributed by atoms with Crippen molar-refractivity contribution in [2.45, 2.75) is 39.5 Å². The fourth-order valence-corrected chi connectivity index (χ4v) is 3.20. The van der Waals surface area contributed by atoms with E-state index in [4.69, 9.17) is 4.74 Å². The lowest BCUT2D eigenvalue weighted by molar-refractivity contribution is -0.150. The molecule has 0 aromatic carbocycles. The van der Waals surface area contributed by atoms with Crippen molar-refractivity contribution in [3.63, 3.8) is 0 Å². The summed E-state index contributed by atoms with van der Waals surface area (Å²) in [5.41, 5.74) is 0. The Morgan fingerprint density at radius 2 is 1.86 bits per heavy atom.